The van der Waals surface area contributed by atoms with E-state index in [9.17, 15) is 14.4 Å². The highest BCUT2D eigenvalue weighted by molar-refractivity contribution is 6.11. The van der Waals surface area contributed by atoms with E-state index in [0.29, 0.717) is 12.0 Å². The second kappa shape index (κ2) is 7.96. The van der Waals surface area contributed by atoms with Crippen LogP contribution in [0, 0.1) is 5.92 Å². The number of nitrogens with zero attached hydrogens (tertiary/aromatic N) is 1. The van der Waals surface area contributed by atoms with E-state index in [1.807, 2.05) is 42.5 Å². The lowest BCUT2D eigenvalue weighted by Crippen LogP contribution is -2.22. The van der Waals surface area contributed by atoms with Gasteiger partial charge in [0, 0.05) is 46.0 Å². The molecule has 6 nitrogen and oxygen atoms in total. The van der Waals surface area contributed by atoms with E-state index in [2.05, 4.69) is 34.3 Å². The van der Waals surface area contributed by atoms with E-state index in [-0.39, 0.29) is 30.1 Å². The number of amides is 3. The third-order valence-electron chi connectivity index (χ3n) is 6.11. The molecule has 1 aliphatic rings. The maximum atomic E-state index is 12.8. The number of aromatic nitrogens is 1. The Morgan fingerprint density at radius 1 is 1.00 bits per heavy atom. The normalized spacial score (nSPS) is 16.0. The lowest BCUT2D eigenvalue weighted by molar-refractivity contribution is -0.125. The smallest absolute Gasteiger partial charge is 0.255 e. The zero-order valence-electron chi connectivity index (χ0n) is 17.7. The number of anilines is 1. The molecule has 32 heavy (non-hydrogen) atoms. The van der Waals surface area contributed by atoms with Gasteiger partial charge < -0.3 is 9.88 Å². The molecule has 1 atom stereocenters. The molecule has 4 aromatic rings. The zero-order chi connectivity index (χ0) is 22.2. The number of benzene rings is 3. The van der Waals surface area contributed by atoms with Crippen LogP contribution in [-0.4, -0.2) is 22.3 Å². The van der Waals surface area contributed by atoms with Crippen LogP contribution in [0.4, 0.5) is 5.69 Å². The number of hydrogen-bond acceptors (Lipinski definition) is 3. The number of rotatable bonds is 5. The molecular formula is C26H23N3O3. The Bertz CT molecular complexity index is 1370. The summed E-state index contributed by atoms with van der Waals surface area (Å²) in [6.07, 6.45) is 0.704. The van der Waals surface area contributed by atoms with E-state index in [4.69, 9.17) is 0 Å². The number of fused-ring (bicyclic) bond motifs is 3. The van der Waals surface area contributed by atoms with Gasteiger partial charge in [0.1, 0.15) is 0 Å². The fourth-order valence-electron chi connectivity index (χ4n) is 4.52. The molecule has 1 fully saturated rings. The van der Waals surface area contributed by atoms with Crippen molar-refractivity contribution in [3.63, 3.8) is 0 Å². The number of hydrogen-bond donors (Lipinski definition) is 2. The Kier molecular flexibility index (Phi) is 4.98. The van der Waals surface area contributed by atoms with Crippen LogP contribution in [0.15, 0.2) is 66.7 Å². The minimum atomic E-state index is -0.334. The van der Waals surface area contributed by atoms with Crippen molar-refractivity contribution < 1.29 is 14.4 Å². The zero-order valence-corrected chi connectivity index (χ0v) is 17.7. The summed E-state index contributed by atoms with van der Waals surface area (Å²) in [6.45, 7) is 3.00. The summed E-state index contributed by atoms with van der Waals surface area (Å²) in [5, 5.41) is 7.60. The maximum absolute atomic E-state index is 12.8. The molecule has 0 aliphatic carbocycles. The lowest BCUT2D eigenvalue weighted by atomic mass is 9.97. The fraction of sp³-hybridized carbons (Fsp3) is 0.192. The van der Waals surface area contributed by atoms with Gasteiger partial charge in [-0.2, -0.15) is 0 Å². The van der Waals surface area contributed by atoms with Crippen molar-refractivity contribution in [1.82, 2.24) is 9.88 Å². The molecule has 0 radical (unpaired) electrons. The molecule has 5 rings (SSSR count). The standard InChI is InChI=1S/C26H23N3O3/c1-2-29-22-6-4-3-5-20(22)21-15-19(11-12-23(21)29)27-25(31)17-9-7-16(8-10-17)13-18-14-24(30)28-26(18)32/h3-12,15,18H,2,13-14H2,1H3,(H,27,31)(H,28,30,32). The number of imide groups is 1. The van der Waals surface area contributed by atoms with Gasteiger partial charge in [-0.1, -0.05) is 30.3 Å². The van der Waals surface area contributed by atoms with Crippen LogP contribution in [0.5, 0.6) is 0 Å². The van der Waals surface area contributed by atoms with Gasteiger partial charge in [0.2, 0.25) is 11.8 Å². The average Bonchev–Trinajstić information content (AvgIpc) is 3.29. The van der Waals surface area contributed by atoms with Crippen molar-refractivity contribution in [2.24, 2.45) is 5.92 Å². The molecule has 2 N–H and O–H groups in total. The molecule has 1 saturated heterocycles. The van der Waals surface area contributed by atoms with Crippen molar-refractivity contribution in [1.29, 1.82) is 0 Å². The van der Waals surface area contributed by atoms with E-state index in [1.165, 1.54) is 10.9 Å². The summed E-state index contributed by atoms with van der Waals surface area (Å²) < 4.78 is 2.27. The van der Waals surface area contributed by atoms with Crippen LogP contribution < -0.4 is 10.6 Å². The number of carbonyl (C=O) groups is 3. The number of carbonyl (C=O) groups excluding carboxylic acids is 3. The highest BCUT2D eigenvalue weighted by Gasteiger charge is 2.30. The van der Waals surface area contributed by atoms with Gasteiger partial charge in [0.05, 0.1) is 5.92 Å². The van der Waals surface area contributed by atoms with Crippen molar-refractivity contribution in [2.75, 3.05) is 5.32 Å². The summed E-state index contributed by atoms with van der Waals surface area (Å²) >= 11 is 0. The number of aryl methyl sites for hydroxylation is 1. The van der Waals surface area contributed by atoms with Gasteiger partial charge in [-0.05, 0) is 55.3 Å². The first-order valence-corrected chi connectivity index (χ1v) is 10.8. The van der Waals surface area contributed by atoms with Gasteiger partial charge in [-0.25, -0.2) is 0 Å². The van der Waals surface area contributed by atoms with Gasteiger partial charge in [0.25, 0.3) is 5.91 Å². The Hall–Kier alpha value is -3.93. The molecule has 0 spiro atoms. The quantitative estimate of drug-likeness (QED) is 0.469. The van der Waals surface area contributed by atoms with Crippen LogP contribution in [0.25, 0.3) is 21.8 Å². The molecule has 160 valence electrons. The Morgan fingerprint density at radius 2 is 1.75 bits per heavy atom. The van der Waals surface area contributed by atoms with Crippen LogP contribution in [0.1, 0.15) is 29.3 Å². The molecule has 1 unspecified atom stereocenters. The van der Waals surface area contributed by atoms with Gasteiger partial charge in [0.15, 0.2) is 0 Å². The predicted octanol–water partition coefficient (Wildman–Crippen LogP) is 4.27. The van der Waals surface area contributed by atoms with Crippen molar-refractivity contribution in [3.8, 4) is 0 Å². The second-order valence-corrected chi connectivity index (χ2v) is 8.16. The topological polar surface area (TPSA) is 80.2 Å². The highest BCUT2D eigenvalue weighted by Crippen LogP contribution is 2.31. The predicted molar refractivity (Wildman–Crippen MR) is 124 cm³/mol. The Labute approximate surface area is 185 Å². The average molecular weight is 425 g/mol. The van der Waals surface area contributed by atoms with Crippen LogP contribution in [0.2, 0.25) is 0 Å². The number of nitrogens with one attached hydrogen (secondary N) is 2. The molecule has 0 bridgehead atoms. The third kappa shape index (κ3) is 3.54. The van der Waals surface area contributed by atoms with Crippen molar-refractivity contribution in [3.05, 3.63) is 77.9 Å². The van der Waals surface area contributed by atoms with E-state index in [1.54, 1.807) is 12.1 Å². The van der Waals surface area contributed by atoms with E-state index >= 15 is 0 Å². The molecule has 0 saturated carbocycles. The molecule has 2 heterocycles. The first-order chi connectivity index (χ1) is 15.5. The second-order valence-electron chi connectivity index (χ2n) is 8.16. The molecular weight excluding hydrogens is 402 g/mol. The SMILES string of the molecule is CCn1c2ccccc2c2cc(NC(=O)c3ccc(CC4CC(=O)NC4=O)cc3)ccc21. The summed E-state index contributed by atoms with van der Waals surface area (Å²) in [4.78, 5) is 35.9. The van der Waals surface area contributed by atoms with Crippen LogP contribution in [0.3, 0.4) is 0 Å². The summed E-state index contributed by atoms with van der Waals surface area (Å²) in [7, 11) is 0. The fourth-order valence-corrected chi connectivity index (χ4v) is 4.52. The Balaban J connectivity index is 1.35. The summed E-state index contributed by atoms with van der Waals surface area (Å²) in [6, 6.07) is 21.5. The molecule has 1 aliphatic heterocycles. The molecule has 3 aromatic carbocycles. The van der Waals surface area contributed by atoms with E-state index < -0.39 is 0 Å². The third-order valence-corrected chi connectivity index (χ3v) is 6.11. The van der Waals surface area contributed by atoms with Gasteiger partial charge >= 0.3 is 0 Å². The molecule has 3 amide bonds. The minimum Gasteiger partial charge on any atom is -0.341 e. The van der Waals surface area contributed by atoms with Crippen LogP contribution >= 0.6 is 0 Å². The molecule has 6 heteroatoms. The Morgan fingerprint density at radius 3 is 2.47 bits per heavy atom. The van der Waals surface area contributed by atoms with Crippen molar-refractivity contribution in [2.45, 2.75) is 26.3 Å². The minimum absolute atomic E-state index is 0.191. The summed E-state index contributed by atoms with van der Waals surface area (Å²) in [5.74, 6) is -0.977. The van der Waals surface area contributed by atoms with Gasteiger partial charge in [-0.3, -0.25) is 19.7 Å². The van der Waals surface area contributed by atoms with E-state index in [0.717, 1.165) is 28.7 Å². The first kappa shape index (κ1) is 20.0. The summed E-state index contributed by atoms with van der Waals surface area (Å²) in [5.41, 5.74) is 4.53. The number of para-hydroxylation sites is 1. The maximum Gasteiger partial charge on any atom is 0.255 e. The van der Waals surface area contributed by atoms with Crippen LogP contribution in [-0.2, 0) is 22.6 Å². The first-order valence-electron chi connectivity index (χ1n) is 10.8. The van der Waals surface area contributed by atoms with Crippen molar-refractivity contribution >= 4 is 45.2 Å². The lowest BCUT2D eigenvalue weighted by Gasteiger charge is -2.09. The monoisotopic (exact) mass is 425 g/mol. The highest BCUT2D eigenvalue weighted by atomic mass is 16.2. The van der Waals surface area contributed by atoms with Gasteiger partial charge in [-0.15, -0.1) is 0 Å². The largest absolute Gasteiger partial charge is 0.341 e. The molecule has 1 aromatic heterocycles.